The zero-order valence-electron chi connectivity index (χ0n) is 18.2. The predicted molar refractivity (Wildman–Crippen MR) is 127 cm³/mol. The Morgan fingerprint density at radius 2 is 1.90 bits per heavy atom. The third-order valence-corrected chi connectivity index (χ3v) is 6.65. The average molecular weight is 437 g/mol. The number of piperazine rings is 1. The van der Waals surface area contributed by atoms with Crippen LogP contribution in [0.5, 0.6) is 5.75 Å². The van der Waals surface area contributed by atoms with E-state index in [0.717, 1.165) is 59.6 Å². The van der Waals surface area contributed by atoms with E-state index in [1.54, 1.807) is 18.4 Å². The van der Waals surface area contributed by atoms with Crippen molar-refractivity contribution in [2.75, 3.05) is 50.1 Å². The molecule has 2 aromatic carbocycles. The first-order valence-corrected chi connectivity index (χ1v) is 11.3. The fraction of sp³-hybridized carbons (Fsp3) is 0.333. The lowest BCUT2D eigenvalue weighted by Gasteiger charge is -2.34. The van der Waals surface area contributed by atoms with Crippen LogP contribution in [0.3, 0.4) is 0 Å². The van der Waals surface area contributed by atoms with Crippen LogP contribution in [-0.4, -0.2) is 55.6 Å². The van der Waals surface area contributed by atoms with Crippen LogP contribution in [0.4, 0.5) is 10.8 Å². The number of methoxy groups -OCH3 is 1. The Morgan fingerprint density at radius 3 is 2.68 bits per heavy atom. The van der Waals surface area contributed by atoms with E-state index in [9.17, 15) is 4.79 Å². The molecule has 0 bridgehead atoms. The second-order valence-electron chi connectivity index (χ2n) is 7.81. The van der Waals surface area contributed by atoms with E-state index in [1.165, 1.54) is 5.56 Å². The average Bonchev–Trinajstić information content (AvgIpc) is 3.28. The van der Waals surface area contributed by atoms with Gasteiger partial charge in [0.25, 0.3) is 0 Å². The summed E-state index contributed by atoms with van der Waals surface area (Å²) in [6.45, 7) is 7.92. The maximum Gasteiger partial charge on any atom is 0.238 e. The van der Waals surface area contributed by atoms with Crippen molar-refractivity contribution in [1.29, 1.82) is 0 Å². The number of aromatic nitrogens is 1. The molecule has 3 aromatic rings. The number of aryl methyl sites for hydroxylation is 1. The van der Waals surface area contributed by atoms with Gasteiger partial charge in [-0.2, -0.15) is 0 Å². The van der Waals surface area contributed by atoms with Crippen molar-refractivity contribution in [2.45, 2.75) is 13.8 Å². The Labute approximate surface area is 187 Å². The van der Waals surface area contributed by atoms with Gasteiger partial charge in [0.2, 0.25) is 5.91 Å². The van der Waals surface area contributed by atoms with E-state index in [0.29, 0.717) is 6.54 Å². The normalized spacial score (nSPS) is 14.5. The monoisotopic (exact) mass is 436 g/mol. The molecule has 0 unspecified atom stereocenters. The van der Waals surface area contributed by atoms with E-state index in [4.69, 9.17) is 9.72 Å². The number of ether oxygens (including phenoxy) is 1. The van der Waals surface area contributed by atoms with Crippen LogP contribution in [-0.2, 0) is 4.79 Å². The maximum atomic E-state index is 12.5. The number of amides is 1. The van der Waals surface area contributed by atoms with Crippen LogP contribution in [0, 0.1) is 13.8 Å². The molecule has 4 rings (SSSR count). The minimum Gasteiger partial charge on any atom is -0.497 e. The highest BCUT2D eigenvalue weighted by molar-refractivity contribution is 7.14. The minimum absolute atomic E-state index is 0.0386. The summed E-state index contributed by atoms with van der Waals surface area (Å²) in [5, 5.41) is 6.17. The number of hydrogen-bond donors (Lipinski definition) is 1. The smallest absolute Gasteiger partial charge is 0.238 e. The Balaban J connectivity index is 1.31. The van der Waals surface area contributed by atoms with Gasteiger partial charge in [0, 0.05) is 42.8 Å². The van der Waals surface area contributed by atoms with Gasteiger partial charge in [-0.25, -0.2) is 4.98 Å². The molecule has 0 radical (unpaired) electrons. The maximum absolute atomic E-state index is 12.5. The summed E-state index contributed by atoms with van der Waals surface area (Å²) in [6.07, 6.45) is 0. The van der Waals surface area contributed by atoms with E-state index in [1.807, 2.05) is 43.3 Å². The molecule has 0 spiro atoms. The summed E-state index contributed by atoms with van der Waals surface area (Å²) < 4.78 is 5.32. The summed E-state index contributed by atoms with van der Waals surface area (Å²) in [4.78, 5) is 21.9. The van der Waals surface area contributed by atoms with Gasteiger partial charge in [-0.05, 0) is 43.2 Å². The first-order chi connectivity index (χ1) is 15.0. The second kappa shape index (κ2) is 9.49. The number of rotatable bonds is 6. The highest BCUT2D eigenvalue weighted by Gasteiger charge is 2.21. The molecule has 1 saturated heterocycles. The van der Waals surface area contributed by atoms with Gasteiger partial charge in [0.1, 0.15) is 5.75 Å². The number of carbonyl (C=O) groups excluding carboxylic acids is 1. The molecule has 0 aliphatic carbocycles. The van der Waals surface area contributed by atoms with Crippen LogP contribution in [0.25, 0.3) is 11.3 Å². The van der Waals surface area contributed by atoms with Gasteiger partial charge in [-0.15, -0.1) is 11.3 Å². The Bertz CT molecular complexity index is 1060. The topological polar surface area (TPSA) is 57.7 Å². The molecule has 162 valence electrons. The Hall–Kier alpha value is -2.90. The molecule has 0 saturated carbocycles. The van der Waals surface area contributed by atoms with E-state index >= 15 is 0 Å². The molecule has 1 aliphatic rings. The van der Waals surface area contributed by atoms with Crippen LogP contribution >= 0.6 is 11.3 Å². The van der Waals surface area contributed by atoms with E-state index in [2.05, 4.69) is 33.5 Å². The number of benzene rings is 2. The number of carbonyl (C=O) groups is 1. The van der Waals surface area contributed by atoms with Gasteiger partial charge in [0.15, 0.2) is 5.13 Å². The van der Waals surface area contributed by atoms with E-state index in [-0.39, 0.29) is 5.91 Å². The Morgan fingerprint density at radius 1 is 1.13 bits per heavy atom. The van der Waals surface area contributed by atoms with Crippen molar-refractivity contribution < 1.29 is 9.53 Å². The molecule has 0 atom stereocenters. The molecule has 1 aliphatic heterocycles. The van der Waals surface area contributed by atoms with E-state index < -0.39 is 0 Å². The standard InChI is InChI=1S/C24H28N4O2S/c1-17-6-4-9-21(18(17)2)25-23(29)15-27-10-12-28(13-11-27)24-26-22(16-31-24)19-7-5-8-20(14-19)30-3/h4-9,14,16H,10-13,15H2,1-3H3,(H,25,29). The molecule has 6 nitrogen and oxygen atoms in total. The number of anilines is 2. The lowest BCUT2D eigenvalue weighted by molar-refractivity contribution is -0.117. The van der Waals surface area contributed by atoms with Crippen LogP contribution < -0.4 is 15.0 Å². The summed E-state index contributed by atoms with van der Waals surface area (Å²) in [5.74, 6) is 0.872. The fourth-order valence-electron chi connectivity index (χ4n) is 3.70. The number of hydrogen-bond acceptors (Lipinski definition) is 6. The van der Waals surface area contributed by atoms with Gasteiger partial charge >= 0.3 is 0 Å². The number of thiazole rings is 1. The number of nitrogens with zero attached hydrogens (tertiary/aromatic N) is 3. The lowest BCUT2D eigenvalue weighted by Crippen LogP contribution is -2.48. The molecule has 31 heavy (non-hydrogen) atoms. The third-order valence-electron chi connectivity index (χ3n) is 5.75. The molecule has 1 amide bonds. The Kier molecular flexibility index (Phi) is 6.53. The van der Waals surface area contributed by atoms with Crippen molar-refractivity contribution in [2.24, 2.45) is 0 Å². The van der Waals surface area contributed by atoms with Gasteiger partial charge in [-0.3, -0.25) is 9.69 Å². The largest absolute Gasteiger partial charge is 0.497 e. The zero-order valence-corrected chi connectivity index (χ0v) is 19.0. The number of nitrogens with one attached hydrogen (secondary N) is 1. The molecule has 2 heterocycles. The van der Waals surface area contributed by atoms with Crippen molar-refractivity contribution in [1.82, 2.24) is 9.88 Å². The predicted octanol–water partition coefficient (Wildman–Crippen LogP) is 4.20. The SMILES string of the molecule is COc1cccc(-c2csc(N3CCN(CC(=O)Nc4cccc(C)c4C)CC3)n2)c1. The quantitative estimate of drug-likeness (QED) is 0.628. The molecule has 1 N–H and O–H groups in total. The van der Waals surface area contributed by atoms with Crippen LogP contribution in [0.2, 0.25) is 0 Å². The summed E-state index contributed by atoms with van der Waals surface area (Å²) in [7, 11) is 1.67. The lowest BCUT2D eigenvalue weighted by atomic mass is 10.1. The highest BCUT2D eigenvalue weighted by Crippen LogP contribution is 2.30. The summed E-state index contributed by atoms with van der Waals surface area (Å²) in [6, 6.07) is 14.0. The fourth-order valence-corrected chi connectivity index (χ4v) is 4.59. The molecular formula is C24H28N4O2S. The zero-order chi connectivity index (χ0) is 21.8. The molecule has 7 heteroatoms. The van der Waals surface area contributed by atoms with Crippen molar-refractivity contribution in [3.05, 3.63) is 59.0 Å². The van der Waals surface area contributed by atoms with Crippen molar-refractivity contribution in [3.63, 3.8) is 0 Å². The molecular weight excluding hydrogens is 408 g/mol. The summed E-state index contributed by atoms with van der Waals surface area (Å²) in [5.41, 5.74) is 5.23. The molecule has 1 fully saturated rings. The van der Waals surface area contributed by atoms with Crippen molar-refractivity contribution >= 4 is 28.1 Å². The second-order valence-corrected chi connectivity index (χ2v) is 8.64. The minimum atomic E-state index is 0.0386. The van der Waals surface area contributed by atoms with Gasteiger partial charge in [-0.1, -0.05) is 24.3 Å². The van der Waals surface area contributed by atoms with Gasteiger partial charge < -0.3 is 15.0 Å². The van der Waals surface area contributed by atoms with Crippen LogP contribution in [0.15, 0.2) is 47.8 Å². The van der Waals surface area contributed by atoms with Crippen molar-refractivity contribution in [3.8, 4) is 17.0 Å². The first kappa shape index (κ1) is 21.3. The summed E-state index contributed by atoms with van der Waals surface area (Å²) >= 11 is 1.66. The first-order valence-electron chi connectivity index (χ1n) is 10.5. The highest BCUT2D eigenvalue weighted by atomic mass is 32.1. The van der Waals surface area contributed by atoms with Crippen LogP contribution in [0.1, 0.15) is 11.1 Å². The van der Waals surface area contributed by atoms with Gasteiger partial charge in [0.05, 0.1) is 19.3 Å². The molecule has 1 aromatic heterocycles. The third kappa shape index (κ3) is 5.06.